The number of hydrogen-bond acceptors (Lipinski definition) is 3. The van der Waals surface area contributed by atoms with E-state index < -0.39 is 0 Å². The number of pyridine rings is 1. The van der Waals surface area contributed by atoms with E-state index in [-0.39, 0.29) is 6.04 Å². The molecule has 1 heterocycles. The van der Waals surface area contributed by atoms with Crippen LogP contribution in [-0.4, -0.2) is 24.7 Å². The lowest BCUT2D eigenvalue weighted by atomic mass is 10.1. The number of aromatic nitrogens is 1. The van der Waals surface area contributed by atoms with Gasteiger partial charge >= 0.3 is 0 Å². The maximum Gasteiger partial charge on any atom is 0.0735 e. The van der Waals surface area contributed by atoms with Crippen LogP contribution in [0.5, 0.6) is 0 Å². The lowest BCUT2D eigenvalue weighted by Crippen LogP contribution is -2.27. The largest absolute Gasteiger partial charge is 0.380 e. The number of likely N-dealkylation sites (N-methyl/N-ethyl adjacent to an activating group) is 1. The van der Waals surface area contributed by atoms with Gasteiger partial charge < -0.3 is 10.1 Å². The van der Waals surface area contributed by atoms with Crippen molar-refractivity contribution in [3.05, 3.63) is 29.1 Å². The number of aryl methyl sites for hydroxylation is 2. The molecule has 1 aromatic heterocycles. The minimum atomic E-state index is 0.200. The van der Waals surface area contributed by atoms with Gasteiger partial charge in [0, 0.05) is 12.8 Å². The van der Waals surface area contributed by atoms with E-state index in [2.05, 4.69) is 37.1 Å². The molecule has 3 nitrogen and oxygen atoms in total. The van der Waals surface area contributed by atoms with E-state index in [0.717, 1.165) is 18.8 Å². The van der Waals surface area contributed by atoms with Crippen molar-refractivity contribution in [1.29, 1.82) is 0 Å². The van der Waals surface area contributed by atoms with E-state index in [9.17, 15) is 0 Å². The number of nitrogens with zero attached hydrogens (tertiary/aromatic N) is 1. The highest BCUT2D eigenvalue weighted by Crippen LogP contribution is 2.16. The van der Waals surface area contributed by atoms with E-state index in [0.29, 0.717) is 6.61 Å². The highest BCUT2D eigenvalue weighted by atomic mass is 16.5. The molecule has 3 heteroatoms. The second-order valence-electron chi connectivity index (χ2n) is 3.98. The number of rotatable bonds is 6. The maximum absolute atomic E-state index is 5.49. The first-order chi connectivity index (χ1) is 7.69. The molecule has 0 aliphatic carbocycles. The zero-order chi connectivity index (χ0) is 12.0. The summed E-state index contributed by atoms with van der Waals surface area (Å²) in [4.78, 5) is 4.51. The molecule has 0 saturated carbocycles. The van der Waals surface area contributed by atoms with Crippen molar-refractivity contribution >= 4 is 0 Å². The summed E-state index contributed by atoms with van der Waals surface area (Å²) in [5.74, 6) is 0. The fraction of sp³-hybridized carbons (Fsp3) is 0.615. The quantitative estimate of drug-likeness (QED) is 0.802. The van der Waals surface area contributed by atoms with Gasteiger partial charge in [-0.2, -0.15) is 0 Å². The van der Waals surface area contributed by atoms with Crippen molar-refractivity contribution in [2.75, 3.05) is 19.8 Å². The van der Waals surface area contributed by atoms with E-state index in [1.54, 1.807) is 0 Å². The van der Waals surface area contributed by atoms with Gasteiger partial charge in [0.15, 0.2) is 0 Å². The van der Waals surface area contributed by atoms with Crippen LogP contribution in [-0.2, 0) is 4.74 Å². The van der Waals surface area contributed by atoms with Crippen LogP contribution in [0.1, 0.15) is 36.7 Å². The van der Waals surface area contributed by atoms with Gasteiger partial charge in [-0.3, -0.25) is 4.98 Å². The molecule has 16 heavy (non-hydrogen) atoms. The van der Waals surface area contributed by atoms with Gasteiger partial charge in [-0.25, -0.2) is 0 Å². The fourth-order valence-electron chi connectivity index (χ4n) is 1.81. The molecule has 0 aromatic carbocycles. The second-order valence-corrected chi connectivity index (χ2v) is 3.98. The molecule has 0 fully saturated rings. The SMILES string of the molecule is CCNC(COCC)c1ncc(C)cc1C. The Balaban J connectivity index is 2.82. The topological polar surface area (TPSA) is 34.1 Å². The van der Waals surface area contributed by atoms with Crippen molar-refractivity contribution in [3.8, 4) is 0 Å². The first kappa shape index (κ1) is 13.1. The van der Waals surface area contributed by atoms with Crippen LogP contribution in [0, 0.1) is 13.8 Å². The Morgan fingerprint density at radius 3 is 2.69 bits per heavy atom. The smallest absolute Gasteiger partial charge is 0.0735 e. The van der Waals surface area contributed by atoms with Crippen LogP contribution in [0.25, 0.3) is 0 Å². The molecule has 0 aliphatic heterocycles. The summed E-state index contributed by atoms with van der Waals surface area (Å²) in [6.45, 7) is 10.6. The van der Waals surface area contributed by atoms with Gasteiger partial charge in [0.05, 0.1) is 18.3 Å². The predicted molar refractivity (Wildman–Crippen MR) is 66.6 cm³/mol. The second kappa shape index (κ2) is 6.61. The molecule has 0 aliphatic rings. The van der Waals surface area contributed by atoms with Gasteiger partial charge in [0.1, 0.15) is 0 Å². The van der Waals surface area contributed by atoms with E-state index in [1.165, 1.54) is 11.1 Å². The predicted octanol–water partition coefficient (Wildman–Crippen LogP) is 2.39. The highest BCUT2D eigenvalue weighted by molar-refractivity contribution is 5.25. The Bertz CT molecular complexity index is 326. The standard InChI is InChI=1S/C13H22N2O/c1-5-14-12(9-16-6-2)13-11(4)7-10(3)8-15-13/h7-8,12,14H,5-6,9H2,1-4H3. The maximum atomic E-state index is 5.49. The van der Waals surface area contributed by atoms with Gasteiger partial charge in [-0.15, -0.1) is 0 Å². The van der Waals surface area contributed by atoms with Crippen LogP contribution in [0.4, 0.5) is 0 Å². The van der Waals surface area contributed by atoms with Crippen LogP contribution < -0.4 is 5.32 Å². The van der Waals surface area contributed by atoms with Gasteiger partial charge in [0.25, 0.3) is 0 Å². The Morgan fingerprint density at radius 1 is 1.38 bits per heavy atom. The minimum absolute atomic E-state index is 0.200. The molecule has 0 amide bonds. The molecule has 0 radical (unpaired) electrons. The fourth-order valence-corrected chi connectivity index (χ4v) is 1.81. The van der Waals surface area contributed by atoms with Crippen LogP contribution in [0.2, 0.25) is 0 Å². The third-order valence-electron chi connectivity index (χ3n) is 2.52. The third kappa shape index (κ3) is 3.58. The van der Waals surface area contributed by atoms with Crippen molar-refractivity contribution in [3.63, 3.8) is 0 Å². The molecular formula is C13H22N2O. The lowest BCUT2D eigenvalue weighted by Gasteiger charge is -2.19. The zero-order valence-electron chi connectivity index (χ0n) is 10.7. The van der Waals surface area contributed by atoms with Crippen molar-refractivity contribution in [2.24, 2.45) is 0 Å². The summed E-state index contributed by atoms with van der Waals surface area (Å²) in [7, 11) is 0. The van der Waals surface area contributed by atoms with Crippen molar-refractivity contribution in [2.45, 2.75) is 33.7 Å². The zero-order valence-corrected chi connectivity index (χ0v) is 10.7. The molecule has 1 unspecified atom stereocenters. The summed E-state index contributed by atoms with van der Waals surface area (Å²) in [6.07, 6.45) is 1.92. The molecule has 0 bridgehead atoms. The lowest BCUT2D eigenvalue weighted by molar-refractivity contribution is 0.122. The number of ether oxygens (including phenoxy) is 1. The Kier molecular flexibility index (Phi) is 5.43. The average Bonchev–Trinajstić information content (AvgIpc) is 2.25. The van der Waals surface area contributed by atoms with Crippen molar-refractivity contribution < 1.29 is 4.74 Å². The van der Waals surface area contributed by atoms with Gasteiger partial charge in [-0.1, -0.05) is 13.0 Å². The molecular weight excluding hydrogens is 200 g/mol. The summed E-state index contributed by atoms with van der Waals surface area (Å²) >= 11 is 0. The average molecular weight is 222 g/mol. The summed E-state index contributed by atoms with van der Waals surface area (Å²) in [6, 6.07) is 2.36. The Hall–Kier alpha value is -0.930. The summed E-state index contributed by atoms with van der Waals surface area (Å²) in [5.41, 5.74) is 3.53. The summed E-state index contributed by atoms with van der Waals surface area (Å²) < 4.78 is 5.49. The molecule has 90 valence electrons. The number of nitrogens with one attached hydrogen (secondary N) is 1. The van der Waals surface area contributed by atoms with E-state index in [4.69, 9.17) is 4.74 Å². The molecule has 0 saturated heterocycles. The number of hydrogen-bond donors (Lipinski definition) is 1. The van der Waals surface area contributed by atoms with Crippen LogP contribution in [0.3, 0.4) is 0 Å². The van der Waals surface area contributed by atoms with Gasteiger partial charge in [0.2, 0.25) is 0 Å². The Labute approximate surface area is 98.2 Å². The monoisotopic (exact) mass is 222 g/mol. The third-order valence-corrected chi connectivity index (χ3v) is 2.52. The summed E-state index contributed by atoms with van der Waals surface area (Å²) in [5, 5.41) is 3.41. The molecule has 0 spiro atoms. The molecule has 1 aromatic rings. The molecule has 1 atom stereocenters. The Morgan fingerprint density at radius 2 is 2.12 bits per heavy atom. The molecule has 1 N–H and O–H groups in total. The van der Waals surface area contributed by atoms with Crippen LogP contribution in [0.15, 0.2) is 12.3 Å². The van der Waals surface area contributed by atoms with Gasteiger partial charge in [-0.05, 0) is 38.4 Å². The highest BCUT2D eigenvalue weighted by Gasteiger charge is 2.14. The minimum Gasteiger partial charge on any atom is -0.380 e. The van der Waals surface area contributed by atoms with Crippen LogP contribution >= 0.6 is 0 Å². The normalized spacial score (nSPS) is 12.8. The molecule has 1 rings (SSSR count). The first-order valence-electron chi connectivity index (χ1n) is 5.93. The van der Waals surface area contributed by atoms with E-state index >= 15 is 0 Å². The first-order valence-corrected chi connectivity index (χ1v) is 5.93. The van der Waals surface area contributed by atoms with Crippen molar-refractivity contribution in [1.82, 2.24) is 10.3 Å². The van der Waals surface area contributed by atoms with E-state index in [1.807, 2.05) is 13.1 Å².